The van der Waals surface area contributed by atoms with Crippen LogP contribution in [0.2, 0.25) is 0 Å². The third kappa shape index (κ3) is 6.83. The SMILES string of the molecule is Cc1ccccc1CN(CC1=CCN=C1c1ccccc1)CC(O)COc1ccc(C(F)(F)F)cc1. The first kappa shape index (κ1) is 25.7. The Bertz CT molecular complexity index is 1210. The molecule has 0 saturated carbocycles. The Labute approximate surface area is 209 Å². The topological polar surface area (TPSA) is 45.1 Å². The molecule has 1 unspecified atom stereocenters. The van der Waals surface area contributed by atoms with Gasteiger partial charge in [-0.25, -0.2) is 0 Å². The lowest BCUT2D eigenvalue weighted by molar-refractivity contribution is -0.137. The summed E-state index contributed by atoms with van der Waals surface area (Å²) in [6.45, 7) is 4.20. The molecule has 188 valence electrons. The predicted molar refractivity (Wildman–Crippen MR) is 135 cm³/mol. The molecule has 3 aromatic carbocycles. The number of benzene rings is 3. The number of aliphatic hydroxyl groups is 1. The number of hydrogen-bond donors (Lipinski definition) is 1. The molecule has 0 aliphatic carbocycles. The number of aliphatic imine (C=N–C) groups is 1. The number of ether oxygens (including phenoxy) is 1. The van der Waals surface area contributed by atoms with Crippen LogP contribution < -0.4 is 4.74 Å². The first-order valence-electron chi connectivity index (χ1n) is 11.8. The quantitative estimate of drug-likeness (QED) is 0.394. The van der Waals surface area contributed by atoms with E-state index in [-0.39, 0.29) is 12.4 Å². The highest BCUT2D eigenvalue weighted by Crippen LogP contribution is 2.30. The van der Waals surface area contributed by atoms with Crippen molar-refractivity contribution in [2.45, 2.75) is 25.7 Å². The highest BCUT2D eigenvalue weighted by molar-refractivity contribution is 6.14. The summed E-state index contributed by atoms with van der Waals surface area (Å²) < 4.78 is 44.0. The molecule has 0 bridgehead atoms. The zero-order valence-electron chi connectivity index (χ0n) is 20.1. The number of aliphatic hydroxyl groups excluding tert-OH is 1. The first-order chi connectivity index (χ1) is 17.3. The molecule has 0 saturated heterocycles. The first-order valence-corrected chi connectivity index (χ1v) is 11.8. The molecule has 3 aromatic rings. The molecular weight excluding hydrogens is 465 g/mol. The van der Waals surface area contributed by atoms with Gasteiger partial charge in [-0.2, -0.15) is 13.2 Å². The number of nitrogens with zero attached hydrogens (tertiary/aromatic N) is 2. The summed E-state index contributed by atoms with van der Waals surface area (Å²) in [4.78, 5) is 6.83. The molecule has 0 aromatic heterocycles. The smallest absolute Gasteiger partial charge is 0.416 e. The van der Waals surface area contributed by atoms with Gasteiger partial charge in [-0.05, 0) is 53.5 Å². The molecule has 1 aliphatic rings. The molecule has 0 spiro atoms. The van der Waals surface area contributed by atoms with Crippen molar-refractivity contribution in [2.75, 3.05) is 26.2 Å². The van der Waals surface area contributed by atoms with Gasteiger partial charge < -0.3 is 9.84 Å². The van der Waals surface area contributed by atoms with E-state index in [2.05, 4.69) is 35.0 Å². The molecular formula is C29H29F3N2O2. The predicted octanol–water partition coefficient (Wildman–Crippen LogP) is 5.69. The van der Waals surface area contributed by atoms with Crippen LogP contribution in [0, 0.1) is 6.92 Å². The summed E-state index contributed by atoms with van der Waals surface area (Å²) in [6, 6.07) is 22.6. The van der Waals surface area contributed by atoms with Gasteiger partial charge in [0.05, 0.1) is 17.8 Å². The van der Waals surface area contributed by atoms with Gasteiger partial charge >= 0.3 is 6.18 Å². The number of halogens is 3. The van der Waals surface area contributed by atoms with Crippen molar-refractivity contribution in [1.29, 1.82) is 0 Å². The van der Waals surface area contributed by atoms with E-state index in [0.717, 1.165) is 40.1 Å². The summed E-state index contributed by atoms with van der Waals surface area (Å²) in [5.74, 6) is 0.282. The second-order valence-corrected chi connectivity index (χ2v) is 8.87. The van der Waals surface area contributed by atoms with Gasteiger partial charge in [0, 0.05) is 19.6 Å². The fourth-order valence-corrected chi connectivity index (χ4v) is 4.20. The highest BCUT2D eigenvalue weighted by atomic mass is 19.4. The van der Waals surface area contributed by atoms with Gasteiger partial charge in [-0.15, -0.1) is 0 Å². The van der Waals surface area contributed by atoms with Gasteiger partial charge in [-0.3, -0.25) is 9.89 Å². The van der Waals surface area contributed by atoms with E-state index in [1.54, 1.807) is 0 Å². The van der Waals surface area contributed by atoms with E-state index in [0.29, 0.717) is 26.2 Å². The van der Waals surface area contributed by atoms with E-state index >= 15 is 0 Å². The van der Waals surface area contributed by atoms with Crippen molar-refractivity contribution in [3.63, 3.8) is 0 Å². The van der Waals surface area contributed by atoms with Crippen LogP contribution in [0.15, 0.2) is 95.5 Å². The molecule has 0 fully saturated rings. The molecule has 4 nitrogen and oxygen atoms in total. The maximum absolute atomic E-state index is 12.8. The molecule has 36 heavy (non-hydrogen) atoms. The normalized spacial score (nSPS) is 14.5. The molecule has 1 aliphatic heterocycles. The van der Waals surface area contributed by atoms with Gasteiger partial charge in [-0.1, -0.05) is 60.7 Å². The summed E-state index contributed by atoms with van der Waals surface area (Å²) >= 11 is 0. The second kappa shape index (κ2) is 11.5. The van der Waals surface area contributed by atoms with Crippen molar-refractivity contribution in [1.82, 2.24) is 4.90 Å². The van der Waals surface area contributed by atoms with Crippen molar-refractivity contribution >= 4 is 5.71 Å². The van der Waals surface area contributed by atoms with Crippen LogP contribution in [0.1, 0.15) is 22.3 Å². The van der Waals surface area contributed by atoms with Crippen molar-refractivity contribution in [3.05, 3.63) is 113 Å². The van der Waals surface area contributed by atoms with Gasteiger partial charge in [0.25, 0.3) is 0 Å². The fraction of sp³-hybridized carbons (Fsp3) is 0.276. The number of rotatable bonds is 10. The molecule has 4 rings (SSSR count). The van der Waals surface area contributed by atoms with Crippen LogP contribution in [0.25, 0.3) is 0 Å². The van der Waals surface area contributed by atoms with E-state index in [4.69, 9.17) is 4.74 Å². The van der Waals surface area contributed by atoms with Gasteiger partial charge in [0.1, 0.15) is 18.5 Å². The lowest BCUT2D eigenvalue weighted by atomic mass is 10.0. The Kier molecular flexibility index (Phi) is 8.23. The lowest BCUT2D eigenvalue weighted by Gasteiger charge is -2.27. The maximum atomic E-state index is 12.8. The Morgan fingerprint density at radius 3 is 2.33 bits per heavy atom. The lowest BCUT2D eigenvalue weighted by Crippen LogP contribution is -2.37. The van der Waals surface area contributed by atoms with E-state index < -0.39 is 17.8 Å². The Morgan fingerprint density at radius 2 is 1.64 bits per heavy atom. The number of aryl methyl sites for hydroxylation is 1. The third-order valence-electron chi connectivity index (χ3n) is 6.08. The standard InChI is InChI=1S/C29H29F3N2O2/c1-21-7-5-6-10-23(21)17-34(18-24-15-16-33-28(24)22-8-3-2-4-9-22)19-26(35)20-36-27-13-11-25(12-14-27)29(30,31)32/h2-15,26,35H,16-20H2,1H3. The monoisotopic (exact) mass is 494 g/mol. The average Bonchev–Trinajstić information content (AvgIpc) is 3.32. The van der Waals surface area contributed by atoms with Crippen LogP contribution in [0.4, 0.5) is 13.2 Å². The molecule has 0 amide bonds. The van der Waals surface area contributed by atoms with Gasteiger partial charge in [0.15, 0.2) is 0 Å². The summed E-state index contributed by atoms with van der Waals surface area (Å²) in [5, 5.41) is 10.8. The number of hydrogen-bond acceptors (Lipinski definition) is 4. The number of alkyl halides is 3. The fourth-order valence-electron chi connectivity index (χ4n) is 4.20. The minimum Gasteiger partial charge on any atom is -0.491 e. The average molecular weight is 495 g/mol. The van der Waals surface area contributed by atoms with Gasteiger partial charge in [0.2, 0.25) is 0 Å². The second-order valence-electron chi connectivity index (χ2n) is 8.87. The van der Waals surface area contributed by atoms with Crippen LogP contribution in [-0.4, -0.2) is 48.1 Å². The van der Waals surface area contributed by atoms with Crippen LogP contribution in [0.3, 0.4) is 0 Å². The maximum Gasteiger partial charge on any atom is 0.416 e. The third-order valence-corrected chi connectivity index (χ3v) is 6.08. The van der Waals surface area contributed by atoms with Crippen molar-refractivity contribution < 1.29 is 23.0 Å². The van der Waals surface area contributed by atoms with Crippen LogP contribution in [-0.2, 0) is 12.7 Å². The Balaban J connectivity index is 1.43. The van der Waals surface area contributed by atoms with E-state index in [9.17, 15) is 18.3 Å². The van der Waals surface area contributed by atoms with Crippen molar-refractivity contribution in [2.24, 2.45) is 4.99 Å². The van der Waals surface area contributed by atoms with Crippen molar-refractivity contribution in [3.8, 4) is 5.75 Å². The zero-order valence-corrected chi connectivity index (χ0v) is 20.1. The minimum atomic E-state index is -4.40. The molecule has 0 radical (unpaired) electrons. The molecule has 1 N–H and O–H groups in total. The summed E-state index contributed by atoms with van der Waals surface area (Å²) in [5.41, 5.74) is 4.70. The largest absolute Gasteiger partial charge is 0.491 e. The minimum absolute atomic E-state index is 0.0334. The Morgan fingerprint density at radius 1 is 0.944 bits per heavy atom. The summed E-state index contributed by atoms with van der Waals surface area (Å²) in [7, 11) is 0. The summed E-state index contributed by atoms with van der Waals surface area (Å²) in [6.07, 6.45) is -3.13. The molecule has 1 heterocycles. The van der Waals surface area contributed by atoms with E-state index in [1.807, 2.05) is 42.5 Å². The molecule has 7 heteroatoms. The Hall–Kier alpha value is -3.42. The van der Waals surface area contributed by atoms with Crippen LogP contribution >= 0.6 is 0 Å². The molecule has 1 atom stereocenters. The van der Waals surface area contributed by atoms with E-state index in [1.165, 1.54) is 12.1 Å². The van der Waals surface area contributed by atoms with Crippen LogP contribution in [0.5, 0.6) is 5.75 Å². The zero-order chi connectivity index (χ0) is 25.5. The highest BCUT2D eigenvalue weighted by Gasteiger charge is 2.30.